The SMILES string of the molecule is CC[C@H]1Oc2cc(C=O)c(OC)cc2O[C@@H]1c1ccc2c(c1)OCO2. The van der Waals surface area contributed by atoms with Crippen LogP contribution in [0.25, 0.3) is 0 Å². The number of methoxy groups -OCH3 is 1. The molecule has 25 heavy (non-hydrogen) atoms. The summed E-state index contributed by atoms with van der Waals surface area (Å²) in [5.74, 6) is 2.99. The van der Waals surface area contributed by atoms with E-state index in [4.69, 9.17) is 23.7 Å². The van der Waals surface area contributed by atoms with Crippen molar-refractivity contribution in [3.05, 3.63) is 41.5 Å². The van der Waals surface area contributed by atoms with Gasteiger partial charge in [-0.05, 0) is 24.6 Å². The molecule has 0 radical (unpaired) electrons. The first-order valence-electron chi connectivity index (χ1n) is 8.13. The highest BCUT2D eigenvalue weighted by molar-refractivity contribution is 5.81. The number of fused-ring (bicyclic) bond motifs is 2. The second-order valence-electron chi connectivity index (χ2n) is 5.87. The Kier molecular flexibility index (Phi) is 3.87. The molecule has 0 N–H and O–H groups in total. The highest BCUT2D eigenvalue weighted by Gasteiger charge is 2.33. The van der Waals surface area contributed by atoms with Gasteiger partial charge in [0.15, 0.2) is 35.4 Å². The van der Waals surface area contributed by atoms with Crippen molar-refractivity contribution < 1.29 is 28.5 Å². The molecule has 0 spiro atoms. The van der Waals surface area contributed by atoms with Gasteiger partial charge in [-0.2, -0.15) is 0 Å². The Balaban J connectivity index is 1.72. The molecule has 0 aromatic heterocycles. The van der Waals surface area contributed by atoms with Gasteiger partial charge in [-0.15, -0.1) is 0 Å². The van der Waals surface area contributed by atoms with Crippen LogP contribution in [0.15, 0.2) is 30.3 Å². The van der Waals surface area contributed by atoms with Gasteiger partial charge in [0.05, 0.1) is 12.7 Å². The first-order valence-corrected chi connectivity index (χ1v) is 8.13. The molecule has 0 amide bonds. The van der Waals surface area contributed by atoms with E-state index in [0.29, 0.717) is 28.6 Å². The summed E-state index contributed by atoms with van der Waals surface area (Å²) in [6.45, 7) is 2.26. The van der Waals surface area contributed by atoms with Gasteiger partial charge in [0, 0.05) is 11.6 Å². The van der Waals surface area contributed by atoms with Crippen LogP contribution in [0.1, 0.15) is 35.4 Å². The van der Waals surface area contributed by atoms with E-state index in [0.717, 1.165) is 24.0 Å². The second-order valence-corrected chi connectivity index (χ2v) is 5.87. The largest absolute Gasteiger partial charge is 0.496 e. The molecule has 6 heteroatoms. The van der Waals surface area contributed by atoms with Crippen molar-refractivity contribution in [2.24, 2.45) is 0 Å². The molecule has 130 valence electrons. The third kappa shape index (κ3) is 2.63. The Hall–Kier alpha value is -2.89. The van der Waals surface area contributed by atoms with E-state index >= 15 is 0 Å². The molecule has 2 aromatic carbocycles. The zero-order valence-electron chi connectivity index (χ0n) is 14.0. The molecule has 2 heterocycles. The third-order valence-corrected chi connectivity index (χ3v) is 4.42. The molecule has 0 fully saturated rings. The Bertz CT molecular complexity index is 816. The zero-order chi connectivity index (χ0) is 17.4. The molecule has 2 aromatic rings. The van der Waals surface area contributed by atoms with Crippen molar-refractivity contribution >= 4 is 6.29 Å². The fourth-order valence-corrected chi connectivity index (χ4v) is 3.12. The number of carbonyl (C=O) groups excluding carboxylic acids is 1. The fourth-order valence-electron chi connectivity index (χ4n) is 3.12. The maximum Gasteiger partial charge on any atom is 0.231 e. The Morgan fingerprint density at radius 3 is 2.64 bits per heavy atom. The number of hydrogen-bond donors (Lipinski definition) is 0. The van der Waals surface area contributed by atoms with Gasteiger partial charge in [-0.1, -0.05) is 13.0 Å². The molecule has 0 unspecified atom stereocenters. The average Bonchev–Trinajstić information content (AvgIpc) is 3.13. The van der Waals surface area contributed by atoms with E-state index in [1.807, 2.05) is 25.1 Å². The summed E-state index contributed by atoms with van der Waals surface area (Å²) in [7, 11) is 1.52. The monoisotopic (exact) mass is 342 g/mol. The number of hydrogen-bond acceptors (Lipinski definition) is 6. The van der Waals surface area contributed by atoms with Crippen molar-refractivity contribution in [2.45, 2.75) is 25.6 Å². The van der Waals surface area contributed by atoms with Crippen molar-refractivity contribution in [1.82, 2.24) is 0 Å². The molecule has 0 saturated carbocycles. The number of carbonyl (C=O) groups is 1. The van der Waals surface area contributed by atoms with Crippen LogP contribution in [0.2, 0.25) is 0 Å². The minimum atomic E-state index is -0.293. The third-order valence-electron chi connectivity index (χ3n) is 4.42. The topological polar surface area (TPSA) is 63.2 Å². The van der Waals surface area contributed by atoms with Gasteiger partial charge < -0.3 is 23.7 Å². The second kappa shape index (κ2) is 6.20. The molecule has 0 saturated heterocycles. The smallest absolute Gasteiger partial charge is 0.231 e. The first-order chi connectivity index (χ1) is 12.2. The summed E-state index contributed by atoms with van der Waals surface area (Å²) >= 11 is 0. The lowest BCUT2D eigenvalue weighted by molar-refractivity contribution is 0.0172. The van der Waals surface area contributed by atoms with Crippen molar-refractivity contribution in [3.8, 4) is 28.7 Å². The number of aldehydes is 1. The van der Waals surface area contributed by atoms with Crippen molar-refractivity contribution in [1.29, 1.82) is 0 Å². The van der Waals surface area contributed by atoms with Crippen LogP contribution in [0, 0.1) is 0 Å². The van der Waals surface area contributed by atoms with Crippen molar-refractivity contribution in [2.75, 3.05) is 13.9 Å². The highest BCUT2D eigenvalue weighted by atomic mass is 16.7. The maximum atomic E-state index is 11.2. The Morgan fingerprint density at radius 2 is 1.88 bits per heavy atom. The summed E-state index contributed by atoms with van der Waals surface area (Å²) < 4.78 is 28.4. The van der Waals surface area contributed by atoms with E-state index < -0.39 is 0 Å². The summed E-state index contributed by atoms with van der Waals surface area (Å²) in [5.41, 5.74) is 1.38. The minimum absolute atomic E-state index is 0.180. The van der Waals surface area contributed by atoms with E-state index in [-0.39, 0.29) is 19.0 Å². The molecular formula is C19H18O6. The van der Waals surface area contributed by atoms with Gasteiger partial charge >= 0.3 is 0 Å². The lowest BCUT2D eigenvalue weighted by atomic mass is 10.00. The van der Waals surface area contributed by atoms with Crippen LogP contribution in [-0.4, -0.2) is 26.3 Å². The standard InChI is InChI=1S/C19H18O6/c1-3-13-19(11-4-5-14-16(6-11)23-10-22-14)25-18-8-15(21-2)12(9-20)7-17(18)24-13/h4-9,13,19H,3,10H2,1-2H3/t13-,19-/m1/s1. The predicted molar refractivity (Wildman–Crippen MR) is 89.0 cm³/mol. The summed E-state index contributed by atoms with van der Waals surface area (Å²) in [6, 6.07) is 9.08. The zero-order valence-corrected chi connectivity index (χ0v) is 14.0. The summed E-state index contributed by atoms with van der Waals surface area (Å²) in [4.78, 5) is 11.2. The maximum absolute atomic E-state index is 11.2. The molecular weight excluding hydrogens is 324 g/mol. The van der Waals surface area contributed by atoms with Gasteiger partial charge in [0.1, 0.15) is 11.9 Å². The van der Waals surface area contributed by atoms with E-state index in [1.165, 1.54) is 7.11 Å². The van der Waals surface area contributed by atoms with Crippen molar-refractivity contribution in [3.63, 3.8) is 0 Å². The van der Waals surface area contributed by atoms with Gasteiger partial charge in [-0.3, -0.25) is 4.79 Å². The van der Waals surface area contributed by atoms with Gasteiger partial charge in [-0.25, -0.2) is 0 Å². The highest BCUT2D eigenvalue weighted by Crippen LogP contribution is 2.45. The molecule has 4 rings (SSSR count). The lowest BCUT2D eigenvalue weighted by Crippen LogP contribution is -2.32. The minimum Gasteiger partial charge on any atom is -0.496 e. The first kappa shape index (κ1) is 15.6. The number of rotatable bonds is 4. The summed E-state index contributed by atoms with van der Waals surface area (Å²) in [5, 5.41) is 0. The molecule has 0 aliphatic carbocycles. The predicted octanol–water partition coefficient (Wildman–Crippen LogP) is 3.53. The molecule has 2 aliphatic heterocycles. The van der Waals surface area contributed by atoms with Crippen LogP contribution >= 0.6 is 0 Å². The van der Waals surface area contributed by atoms with E-state index in [9.17, 15) is 4.79 Å². The Morgan fingerprint density at radius 1 is 1.08 bits per heavy atom. The van der Waals surface area contributed by atoms with Crippen LogP contribution in [0.3, 0.4) is 0 Å². The van der Waals surface area contributed by atoms with Crippen LogP contribution in [0.4, 0.5) is 0 Å². The number of ether oxygens (including phenoxy) is 5. The Labute approximate surface area is 145 Å². The molecule has 0 bridgehead atoms. The van der Waals surface area contributed by atoms with Crippen LogP contribution < -0.4 is 23.7 Å². The van der Waals surface area contributed by atoms with Gasteiger partial charge in [0.2, 0.25) is 6.79 Å². The molecule has 6 nitrogen and oxygen atoms in total. The fraction of sp³-hybridized carbons (Fsp3) is 0.316. The van der Waals surface area contributed by atoms with Gasteiger partial charge in [0.25, 0.3) is 0 Å². The average molecular weight is 342 g/mol. The summed E-state index contributed by atoms with van der Waals surface area (Å²) in [6.07, 6.45) is 1.02. The van der Waals surface area contributed by atoms with E-state index in [1.54, 1.807) is 12.1 Å². The lowest BCUT2D eigenvalue weighted by Gasteiger charge is -2.34. The quantitative estimate of drug-likeness (QED) is 0.792. The van der Waals surface area contributed by atoms with Crippen LogP contribution in [0.5, 0.6) is 28.7 Å². The number of benzene rings is 2. The molecule has 2 atom stereocenters. The van der Waals surface area contributed by atoms with Crippen LogP contribution in [-0.2, 0) is 0 Å². The van der Waals surface area contributed by atoms with E-state index in [2.05, 4.69) is 0 Å². The normalized spacial score (nSPS) is 20.2. The molecule has 2 aliphatic rings.